The number of benzene rings is 3. The van der Waals surface area contributed by atoms with Crippen molar-refractivity contribution in [2.24, 2.45) is 4.40 Å². The molecule has 0 unspecified atom stereocenters. The largest absolute Gasteiger partial charge is 0.454 e. The SMILES string of the molecule is Cc1ccc(S(=O)(=O)/N=C/c2cc3c(cc2-c2ccccc2)OCO3)cc1. The number of hydrogen-bond acceptors (Lipinski definition) is 4. The standard InChI is InChI=1S/C21H17NO4S/c1-15-7-9-18(10-8-15)27(23,24)22-13-17-11-20-21(26-14-25-20)12-19(17)16-5-3-2-4-6-16/h2-13H,14H2,1H3/b22-13+. The Morgan fingerprint density at radius 3 is 2.30 bits per heavy atom. The molecule has 0 N–H and O–H groups in total. The molecule has 0 amide bonds. The van der Waals surface area contributed by atoms with Gasteiger partial charge >= 0.3 is 0 Å². The number of aryl methyl sites for hydroxylation is 1. The Morgan fingerprint density at radius 2 is 1.59 bits per heavy atom. The molecule has 1 aliphatic heterocycles. The fourth-order valence-corrected chi connectivity index (χ4v) is 3.68. The zero-order chi connectivity index (χ0) is 18.9. The van der Waals surface area contributed by atoms with Crippen LogP contribution in [0.5, 0.6) is 11.5 Å². The molecule has 0 saturated heterocycles. The van der Waals surface area contributed by atoms with E-state index in [1.165, 1.54) is 6.21 Å². The molecule has 1 heterocycles. The van der Waals surface area contributed by atoms with Crippen LogP contribution >= 0.6 is 0 Å². The van der Waals surface area contributed by atoms with Gasteiger partial charge in [0, 0.05) is 11.8 Å². The van der Waals surface area contributed by atoms with E-state index in [4.69, 9.17) is 9.47 Å². The van der Waals surface area contributed by atoms with E-state index in [9.17, 15) is 8.42 Å². The molecular weight excluding hydrogens is 362 g/mol. The van der Waals surface area contributed by atoms with Crippen LogP contribution in [-0.4, -0.2) is 21.4 Å². The average molecular weight is 379 g/mol. The van der Waals surface area contributed by atoms with Gasteiger partial charge < -0.3 is 9.47 Å². The van der Waals surface area contributed by atoms with E-state index >= 15 is 0 Å². The van der Waals surface area contributed by atoms with Crippen LogP contribution in [0, 0.1) is 6.92 Å². The van der Waals surface area contributed by atoms with Gasteiger partial charge in [0.1, 0.15) is 0 Å². The minimum Gasteiger partial charge on any atom is -0.454 e. The summed E-state index contributed by atoms with van der Waals surface area (Å²) in [5.41, 5.74) is 3.38. The second kappa shape index (κ2) is 6.89. The van der Waals surface area contributed by atoms with E-state index in [1.54, 1.807) is 30.3 Å². The molecule has 27 heavy (non-hydrogen) atoms. The predicted molar refractivity (Wildman–Crippen MR) is 104 cm³/mol. The molecule has 136 valence electrons. The lowest BCUT2D eigenvalue weighted by Crippen LogP contribution is -1.99. The normalized spacial score (nSPS) is 13.2. The molecule has 0 radical (unpaired) electrons. The Hall–Kier alpha value is -3.12. The third-order valence-corrected chi connectivity index (χ3v) is 5.53. The minimum absolute atomic E-state index is 0.145. The van der Waals surface area contributed by atoms with Crippen LogP contribution in [0.15, 0.2) is 76.0 Å². The van der Waals surface area contributed by atoms with Crippen LogP contribution in [0.3, 0.4) is 0 Å². The topological polar surface area (TPSA) is 65.0 Å². The van der Waals surface area contributed by atoms with Crippen molar-refractivity contribution in [3.05, 3.63) is 77.9 Å². The predicted octanol–water partition coefficient (Wildman–Crippen LogP) is 4.20. The number of fused-ring (bicyclic) bond motifs is 1. The number of sulfonamides is 1. The second-order valence-electron chi connectivity index (χ2n) is 6.18. The summed E-state index contributed by atoms with van der Waals surface area (Å²) >= 11 is 0. The third-order valence-electron chi connectivity index (χ3n) is 4.28. The molecule has 0 aliphatic carbocycles. The summed E-state index contributed by atoms with van der Waals surface area (Å²) in [6.45, 7) is 2.05. The summed E-state index contributed by atoms with van der Waals surface area (Å²) in [5.74, 6) is 1.20. The average Bonchev–Trinajstić information content (AvgIpc) is 3.14. The first-order valence-electron chi connectivity index (χ1n) is 8.39. The van der Waals surface area contributed by atoms with Crippen LogP contribution in [0.25, 0.3) is 11.1 Å². The minimum atomic E-state index is -3.79. The Labute approximate surface area is 158 Å². The fraction of sp³-hybridized carbons (Fsp3) is 0.0952. The van der Waals surface area contributed by atoms with Gasteiger partial charge in [0.05, 0.1) is 4.90 Å². The van der Waals surface area contributed by atoms with Gasteiger partial charge in [-0.1, -0.05) is 48.0 Å². The first kappa shape index (κ1) is 17.3. The summed E-state index contributed by atoms with van der Waals surface area (Å²) in [6.07, 6.45) is 1.36. The van der Waals surface area contributed by atoms with Crippen molar-refractivity contribution < 1.29 is 17.9 Å². The highest BCUT2D eigenvalue weighted by atomic mass is 32.2. The Kier molecular flexibility index (Phi) is 4.41. The summed E-state index contributed by atoms with van der Waals surface area (Å²) in [4.78, 5) is 0.159. The zero-order valence-corrected chi connectivity index (χ0v) is 15.4. The van der Waals surface area contributed by atoms with E-state index in [1.807, 2.05) is 43.3 Å². The molecule has 6 heteroatoms. The van der Waals surface area contributed by atoms with Crippen molar-refractivity contribution in [3.8, 4) is 22.6 Å². The van der Waals surface area contributed by atoms with E-state index in [0.717, 1.165) is 16.7 Å². The lowest BCUT2D eigenvalue weighted by molar-refractivity contribution is 0.174. The quantitative estimate of drug-likeness (QED) is 0.638. The lowest BCUT2D eigenvalue weighted by Gasteiger charge is -2.08. The smallest absolute Gasteiger partial charge is 0.282 e. The summed E-state index contributed by atoms with van der Waals surface area (Å²) in [6, 6.07) is 19.9. The molecule has 0 fully saturated rings. The van der Waals surface area contributed by atoms with Crippen molar-refractivity contribution in [2.75, 3.05) is 6.79 Å². The van der Waals surface area contributed by atoms with Gasteiger partial charge in [0.15, 0.2) is 11.5 Å². The van der Waals surface area contributed by atoms with E-state index < -0.39 is 10.0 Å². The summed E-state index contributed by atoms with van der Waals surface area (Å²) < 4.78 is 39.9. The van der Waals surface area contributed by atoms with Gasteiger partial charge in [0.25, 0.3) is 10.0 Å². The molecule has 4 rings (SSSR count). The third kappa shape index (κ3) is 3.57. The molecule has 0 saturated carbocycles. The zero-order valence-electron chi connectivity index (χ0n) is 14.6. The highest BCUT2D eigenvalue weighted by Crippen LogP contribution is 2.38. The fourth-order valence-electron chi connectivity index (χ4n) is 2.83. The molecule has 3 aromatic rings. The van der Waals surface area contributed by atoms with Gasteiger partial charge in [-0.25, -0.2) is 0 Å². The van der Waals surface area contributed by atoms with E-state index in [-0.39, 0.29) is 11.7 Å². The Balaban J connectivity index is 1.77. The summed E-state index contributed by atoms with van der Waals surface area (Å²) in [5, 5.41) is 0. The van der Waals surface area contributed by atoms with E-state index in [0.29, 0.717) is 17.1 Å². The number of rotatable bonds is 4. The van der Waals surface area contributed by atoms with Crippen molar-refractivity contribution in [1.82, 2.24) is 0 Å². The van der Waals surface area contributed by atoms with Crippen LogP contribution in [0.2, 0.25) is 0 Å². The maximum Gasteiger partial charge on any atom is 0.282 e. The Morgan fingerprint density at radius 1 is 0.926 bits per heavy atom. The van der Waals surface area contributed by atoms with Crippen LogP contribution < -0.4 is 9.47 Å². The van der Waals surface area contributed by atoms with Gasteiger partial charge in [-0.3, -0.25) is 0 Å². The van der Waals surface area contributed by atoms with Gasteiger partial charge in [0.2, 0.25) is 6.79 Å². The van der Waals surface area contributed by atoms with Gasteiger partial charge in [-0.05, 0) is 42.3 Å². The first-order valence-corrected chi connectivity index (χ1v) is 9.83. The molecule has 0 aromatic heterocycles. The maximum absolute atomic E-state index is 12.5. The lowest BCUT2D eigenvalue weighted by atomic mass is 9.99. The van der Waals surface area contributed by atoms with Crippen LogP contribution in [-0.2, 0) is 10.0 Å². The van der Waals surface area contributed by atoms with Gasteiger partial charge in [-0.2, -0.15) is 12.8 Å². The van der Waals surface area contributed by atoms with Crippen molar-refractivity contribution in [3.63, 3.8) is 0 Å². The van der Waals surface area contributed by atoms with Crippen molar-refractivity contribution >= 4 is 16.2 Å². The highest BCUT2D eigenvalue weighted by Gasteiger charge is 2.18. The molecule has 5 nitrogen and oxygen atoms in total. The molecule has 3 aromatic carbocycles. The van der Waals surface area contributed by atoms with Crippen LogP contribution in [0.1, 0.15) is 11.1 Å². The highest BCUT2D eigenvalue weighted by molar-refractivity contribution is 7.90. The number of hydrogen-bond donors (Lipinski definition) is 0. The van der Waals surface area contributed by atoms with Crippen molar-refractivity contribution in [1.29, 1.82) is 0 Å². The molecule has 0 spiro atoms. The molecule has 0 bridgehead atoms. The number of nitrogens with zero attached hydrogens (tertiary/aromatic N) is 1. The van der Waals surface area contributed by atoms with Crippen molar-refractivity contribution in [2.45, 2.75) is 11.8 Å². The molecular formula is C21H17NO4S. The molecule has 0 atom stereocenters. The van der Waals surface area contributed by atoms with Gasteiger partial charge in [-0.15, -0.1) is 0 Å². The van der Waals surface area contributed by atoms with Crippen LogP contribution in [0.4, 0.5) is 0 Å². The second-order valence-corrected chi connectivity index (χ2v) is 7.81. The first-order chi connectivity index (χ1) is 13.0. The number of ether oxygens (including phenoxy) is 2. The molecule has 1 aliphatic rings. The summed E-state index contributed by atoms with van der Waals surface area (Å²) in [7, 11) is -3.79. The van der Waals surface area contributed by atoms with E-state index in [2.05, 4.69) is 4.40 Å². The monoisotopic (exact) mass is 379 g/mol. The Bertz CT molecular complexity index is 1100. The maximum atomic E-state index is 12.5.